The molecule has 1 amide bonds. The lowest BCUT2D eigenvalue weighted by Gasteiger charge is -2.24. The number of aromatic nitrogens is 1. The van der Waals surface area contributed by atoms with Crippen molar-refractivity contribution in [2.24, 2.45) is 5.92 Å². The van der Waals surface area contributed by atoms with Crippen LogP contribution in [-0.2, 0) is 15.7 Å². The summed E-state index contributed by atoms with van der Waals surface area (Å²) < 4.78 is 42.4. The van der Waals surface area contributed by atoms with E-state index in [0.29, 0.717) is 30.6 Å². The van der Waals surface area contributed by atoms with Crippen LogP contribution < -0.4 is 0 Å². The van der Waals surface area contributed by atoms with Gasteiger partial charge in [-0.15, -0.1) is 0 Å². The first kappa shape index (κ1) is 19.8. The second-order valence-electron chi connectivity index (χ2n) is 5.40. The molecule has 23 heavy (non-hydrogen) atoms. The molecule has 0 saturated heterocycles. The van der Waals surface area contributed by atoms with Gasteiger partial charge < -0.3 is 9.64 Å². The minimum atomic E-state index is -4.40. The van der Waals surface area contributed by atoms with E-state index in [0.717, 1.165) is 24.0 Å². The number of nitrogens with zero attached hydrogens (tertiary/aromatic N) is 2. The highest BCUT2D eigenvalue weighted by atomic mass is 32.2. The molecule has 0 aliphatic heterocycles. The molecule has 1 heterocycles. The van der Waals surface area contributed by atoms with E-state index in [1.165, 1.54) is 6.07 Å². The summed E-state index contributed by atoms with van der Waals surface area (Å²) in [4.78, 5) is 17.7. The molecule has 0 unspecified atom stereocenters. The maximum atomic E-state index is 12.5. The molecule has 0 fully saturated rings. The van der Waals surface area contributed by atoms with Crippen molar-refractivity contribution in [1.82, 2.24) is 9.88 Å². The van der Waals surface area contributed by atoms with Crippen LogP contribution in [0.4, 0.5) is 13.2 Å². The van der Waals surface area contributed by atoms with Crippen molar-refractivity contribution in [3.63, 3.8) is 0 Å². The number of methoxy groups -OCH3 is 1. The second kappa shape index (κ2) is 9.12. The van der Waals surface area contributed by atoms with Gasteiger partial charge in [0.15, 0.2) is 0 Å². The quantitative estimate of drug-likeness (QED) is 0.675. The summed E-state index contributed by atoms with van der Waals surface area (Å²) in [7, 11) is 1.57. The third-order valence-electron chi connectivity index (χ3n) is 2.91. The molecule has 1 aromatic heterocycles. The average Bonchev–Trinajstić information content (AvgIpc) is 2.48. The molecule has 130 valence electrons. The predicted molar refractivity (Wildman–Crippen MR) is 83.3 cm³/mol. The number of hydrogen-bond donors (Lipinski definition) is 0. The number of thioether (sulfide) groups is 1. The summed E-state index contributed by atoms with van der Waals surface area (Å²) in [6.45, 7) is 5.58. The van der Waals surface area contributed by atoms with Gasteiger partial charge in [0.2, 0.25) is 5.91 Å². The molecule has 0 radical (unpaired) electrons. The SMILES string of the molecule is COCCN(CC(C)C)C(=O)CSc1ccc(C(F)(F)F)cn1. The number of halogens is 3. The third kappa shape index (κ3) is 7.22. The monoisotopic (exact) mass is 350 g/mol. The number of alkyl halides is 3. The van der Waals surface area contributed by atoms with Crippen LogP contribution >= 0.6 is 11.8 Å². The number of hydrogen-bond acceptors (Lipinski definition) is 4. The summed E-state index contributed by atoms with van der Waals surface area (Å²) in [5.41, 5.74) is -0.797. The van der Waals surface area contributed by atoms with Gasteiger partial charge >= 0.3 is 6.18 Å². The van der Waals surface area contributed by atoms with E-state index in [1.54, 1.807) is 12.0 Å². The van der Waals surface area contributed by atoms with Gasteiger partial charge in [0.25, 0.3) is 0 Å². The fourth-order valence-corrected chi connectivity index (χ4v) is 2.57. The summed E-state index contributed by atoms with van der Waals surface area (Å²) >= 11 is 1.13. The van der Waals surface area contributed by atoms with E-state index < -0.39 is 11.7 Å². The van der Waals surface area contributed by atoms with Gasteiger partial charge in [-0.3, -0.25) is 4.79 Å². The molecule has 0 aromatic carbocycles. The molecule has 0 saturated carbocycles. The second-order valence-corrected chi connectivity index (χ2v) is 6.39. The molecular weight excluding hydrogens is 329 g/mol. The van der Waals surface area contributed by atoms with E-state index in [9.17, 15) is 18.0 Å². The van der Waals surface area contributed by atoms with Crippen LogP contribution in [-0.4, -0.2) is 48.4 Å². The Bertz CT molecular complexity index is 492. The summed E-state index contributed by atoms with van der Waals surface area (Å²) in [5.74, 6) is 0.377. The Hall–Kier alpha value is -1.28. The van der Waals surface area contributed by atoms with Crippen molar-refractivity contribution in [3.8, 4) is 0 Å². The maximum absolute atomic E-state index is 12.5. The van der Waals surface area contributed by atoms with Crippen LogP contribution in [0.5, 0.6) is 0 Å². The summed E-state index contributed by atoms with van der Waals surface area (Å²) in [6.07, 6.45) is -3.62. The van der Waals surface area contributed by atoms with Gasteiger partial charge in [-0.05, 0) is 18.1 Å². The van der Waals surface area contributed by atoms with E-state index in [1.807, 2.05) is 13.8 Å². The standard InChI is InChI=1S/C15H21F3N2O2S/c1-11(2)9-20(6-7-22-3)14(21)10-23-13-5-4-12(8-19-13)15(16,17)18/h4-5,8,11H,6-7,9-10H2,1-3H3. The first-order valence-corrected chi connectivity index (χ1v) is 8.15. The molecule has 0 spiro atoms. The van der Waals surface area contributed by atoms with Crippen molar-refractivity contribution in [2.45, 2.75) is 25.0 Å². The molecule has 0 aliphatic rings. The Kier molecular flexibility index (Phi) is 7.84. The number of pyridine rings is 1. The Labute approximate surface area is 138 Å². The zero-order valence-electron chi connectivity index (χ0n) is 13.4. The smallest absolute Gasteiger partial charge is 0.383 e. The Balaban J connectivity index is 2.58. The van der Waals surface area contributed by atoms with Gasteiger partial charge in [-0.2, -0.15) is 13.2 Å². The van der Waals surface area contributed by atoms with E-state index in [-0.39, 0.29) is 11.7 Å². The van der Waals surface area contributed by atoms with Gasteiger partial charge in [0.1, 0.15) is 0 Å². The van der Waals surface area contributed by atoms with Crippen LogP contribution in [0.1, 0.15) is 19.4 Å². The Morgan fingerprint density at radius 3 is 2.57 bits per heavy atom. The van der Waals surface area contributed by atoms with Gasteiger partial charge in [0.05, 0.1) is 22.9 Å². The molecule has 0 N–H and O–H groups in total. The van der Waals surface area contributed by atoms with Gasteiger partial charge in [-0.25, -0.2) is 4.98 Å². The minimum Gasteiger partial charge on any atom is -0.383 e. The van der Waals surface area contributed by atoms with Crippen molar-refractivity contribution >= 4 is 17.7 Å². The summed E-state index contributed by atoms with van der Waals surface area (Å²) in [5, 5.41) is 0.391. The number of amides is 1. The maximum Gasteiger partial charge on any atom is 0.417 e. The zero-order valence-corrected chi connectivity index (χ0v) is 14.2. The van der Waals surface area contributed by atoms with E-state index in [4.69, 9.17) is 4.74 Å². The van der Waals surface area contributed by atoms with Crippen molar-refractivity contribution in [3.05, 3.63) is 23.9 Å². The molecular formula is C15H21F3N2O2S. The number of ether oxygens (including phenoxy) is 1. The zero-order chi connectivity index (χ0) is 17.5. The van der Waals surface area contributed by atoms with Crippen LogP contribution in [0.3, 0.4) is 0 Å². The number of carbonyl (C=O) groups is 1. The summed E-state index contributed by atoms with van der Waals surface area (Å²) in [6, 6.07) is 2.25. The largest absolute Gasteiger partial charge is 0.417 e. The lowest BCUT2D eigenvalue weighted by atomic mass is 10.2. The van der Waals surface area contributed by atoms with Crippen LogP contribution in [0.2, 0.25) is 0 Å². The number of carbonyl (C=O) groups excluding carboxylic acids is 1. The molecule has 0 bridgehead atoms. The fourth-order valence-electron chi connectivity index (χ4n) is 1.82. The Morgan fingerprint density at radius 2 is 2.09 bits per heavy atom. The third-order valence-corrected chi connectivity index (χ3v) is 3.84. The lowest BCUT2D eigenvalue weighted by Crippen LogP contribution is -2.37. The van der Waals surface area contributed by atoms with E-state index >= 15 is 0 Å². The fraction of sp³-hybridized carbons (Fsp3) is 0.600. The van der Waals surface area contributed by atoms with E-state index in [2.05, 4.69) is 4.98 Å². The molecule has 0 atom stereocenters. The molecule has 1 rings (SSSR count). The molecule has 4 nitrogen and oxygen atoms in total. The van der Waals surface area contributed by atoms with Crippen LogP contribution in [0, 0.1) is 5.92 Å². The highest BCUT2D eigenvalue weighted by molar-refractivity contribution is 7.99. The lowest BCUT2D eigenvalue weighted by molar-refractivity contribution is -0.138. The van der Waals surface area contributed by atoms with Crippen molar-refractivity contribution in [1.29, 1.82) is 0 Å². The van der Waals surface area contributed by atoms with Crippen LogP contribution in [0.15, 0.2) is 23.4 Å². The van der Waals surface area contributed by atoms with Crippen molar-refractivity contribution in [2.75, 3.05) is 32.6 Å². The highest BCUT2D eigenvalue weighted by Gasteiger charge is 2.30. The first-order valence-electron chi connectivity index (χ1n) is 7.16. The first-order chi connectivity index (χ1) is 10.7. The van der Waals surface area contributed by atoms with Crippen LogP contribution in [0.25, 0.3) is 0 Å². The van der Waals surface area contributed by atoms with Crippen molar-refractivity contribution < 1.29 is 22.7 Å². The Morgan fingerprint density at radius 1 is 1.39 bits per heavy atom. The average molecular weight is 350 g/mol. The minimum absolute atomic E-state index is 0.0811. The number of rotatable bonds is 8. The highest BCUT2D eigenvalue weighted by Crippen LogP contribution is 2.29. The molecule has 0 aliphatic carbocycles. The molecule has 8 heteroatoms. The molecule has 1 aromatic rings. The van der Waals surface area contributed by atoms with Gasteiger partial charge in [0, 0.05) is 26.4 Å². The van der Waals surface area contributed by atoms with Gasteiger partial charge in [-0.1, -0.05) is 25.6 Å². The predicted octanol–water partition coefficient (Wildman–Crippen LogP) is 3.32. The normalized spacial score (nSPS) is 11.8. The topological polar surface area (TPSA) is 42.4 Å².